The zero-order valence-electron chi connectivity index (χ0n) is 41.4. The van der Waals surface area contributed by atoms with Crippen molar-refractivity contribution < 1.29 is 20.1 Å². The fraction of sp³-hybridized carbons (Fsp3) is 0.254. The molecule has 3 aromatic heterocycles. The Bertz CT molecular complexity index is 2750. The molecule has 5 nitrogen and oxygen atoms in total. The molecular formula is C63H64IrN5. The number of rotatable bonds is 15. The standard InChI is InChI=1S/C46H52N4.C17H12N.Ir/c1-31(2)39-25-17-26-40(32(3)4)43(39)49-29-37(47-45(49)35-19-11-9-12-20-35)23-15-16-24-38-30-50(46(48-38)36-21-13-10-14-22-36)44-41(33(5)6)27-18-28-42(44)34(7)8;1-2-7-14(8-3-1)15-9-6-10-16(13-15)17-11-4-5-12-18-17;/h9-14,17-19,21,25-34H,15-16,23-24H2,1-8H3;1-9,11-13H;/q-2;-1;+3. The fourth-order valence-corrected chi connectivity index (χ4v) is 9.02. The third-order valence-electron chi connectivity index (χ3n) is 12.5. The van der Waals surface area contributed by atoms with Crippen LogP contribution in [0.15, 0.2) is 170 Å². The largest absolute Gasteiger partial charge is 3.00 e. The summed E-state index contributed by atoms with van der Waals surface area (Å²) in [5.74, 6) is 3.49. The van der Waals surface area contributed by atoms with Gasteiger partial charge in [-0.05, 0) is 88.9 Å². The van der Waals surface area contributed by atoms with Crippen molar-refractivity contribution >= 4 is 0 Å². The average molecular weight is 1080 g/mol. The van der Waals surface area contributed by atoms with E-state index in [1.165, 1.54) is 44.8 Å². The maximum Gasteiger partial charge on any atom is 3.00 e. The van der Waals surface area contributed by atoms with Gasteiger partial charge in [0.25, 0.3) is 0 Å². The Hall–Kier alpha value is -6.46. The molecule has 0 aliphatic rings. The van der Waals surface area contributed by atoms with E-state index in [0.717, 1.165) is 71.1 Å². The SMILES string of the molecule is CC(C)c1cccc(C(C)C)c1-n1cc(CCCCc2cn(-c3c(C(C)C)cccc3C(C)C)c(-c3[c-]cccc3)n2)nc1-c1[c-]cccc1.[Ir+3].[c-]1ccc(-c2ccccc2)cc1-c1ccccn1. The third-order valence-corrected chi connectivity index (χ3v) is 12.5. The van der Waals surface area contributed by atoms with E-state index in [-0.39, 0.29) is 20.1 Å². The van der Waals surface area contributed by atoms with Crippen LogP contribution in [0.3, 0.4) is 0 Å². The molecule has 0 saturated carbocycles. The number of nitrogens with zero attached hydrogens (tertiary/aromatic N) is 5. The van der Waals surface area contributed by atoms with Gasteiger partial charge in [-0.2, -0.15) is 0 Å². The number of aryl methyl sites for hydroxylation is 2. The Labute approximate surface area is 425 Å². The van der Waals surface area contributed by atoms with E-state index in [1.54, 1.807) is 6.20 Å². The van der Waals surface area contributed by atoms with Crippen molar-refractivity contribution in [3.8, 4) is 56.5 Å². The summed E-state index contributed by atoms with van der Waals surface area (Å²) >= 11 is 0. The Balaban J connectivity index is 0.000000308. The maximum atomic E-state index is 5.26. The van der Waals surface area contributed by atoms with Gasteiger partial charge < -0.3 is 14.1 Å². The Morgan fingerprint density at radius 1 is 0.435 bits per heavy atom. The second kappa shape index (κ2) is 23.7. The second-order valence-corrected chi connectivity index (χ2v) is 18.9. The third kappa shape index (κ3) is 12.1. The van der Waals surface area contributed by atoms with Gasteiger partial charge in [0.05, 0.1) is 11.6 Å². The van der Waals surface area contributed by atoms with E-state index in [2.05, 4.69) is 185 Å². The predicted octanol–water partition coefficient (Wildman–Crippen LogP) is 16.3. The van der Waals surface area contributed by atoms with Gasteiger partial charge in [-0.25, -0.2) is 0 Å². The van der Waals surface area contributed by atoms with Gasteiger partial charge in [0.1, 0.15) is 0 Å². The minimum atomic E-state index is 0. The molecule has 0 fully saturated rings. The first-order valence-electron chi connectivity index (χ1n) is 24.4. The van der Waals surface area contributed by atoms with Crippen molar-refractivity contribution in [3.63, 3.8) is 0 Å². The second-order valence-electron chi connectivity index (χ2n) is 18.9. The first-order valence-corrected chi connectivity index (χ1v) is 24.4. The zero-order valence-corrected chi connectivity index (χ0v) is 43.8. The molecule has 0 saturated heterocycles. The molecule has 9 aromatic rings. The van der Waals surface area contributed by atoms with E-state index in [1.807, 2.05) is 66.7 Å². The van der Waals surface area contributed by atoms with Gasteiger partial charge in [0.2, 0.25) is 0 Å². The number of imidazole rings is 2. The molecule has 0 N–H and O–H groups in total. The van der Waals surface area contributed by atoms with Gasteiger partial charge >= 0.3 is 20.1 Å². The molecule has 0 aliphatic heterocycles. The summed E-state index contributed by atoms with van der Waals surface area (Å²) in [6.45, 7) is 18.2. The van der Waals surface area contributed by atoms with Gasteiger partial charge in [0, 0.05) is 41.4 Å². The molecular weight excluding hydrogens is 1020 g/mol. The van der Waals surface area contributed by atoms with Crippen LogP contribution in [0.2, 0.25) is 0 Å². The molecule has 6 aromatic carbocycles. The molecule has 69 heavy (non-hydrogen) atoms. The Morgan fingerprint density at radius 2 is 0.884 bits per heavy atom. The van der Waals surface area contributed by atoms with Crippen LogP contribution in [0, 0.1) is 18.2 Å². The van der Waals surface area contributed by atoms with Gasteiger partial charge in [-0.3, -0.25) is 9.97 Å². The molecule has 0 amide bonds. The number of unbranched alkanes of at least 4 members (excludes halogenated alkanes) is 1. The maximum absolute atomic E-state index is 5.26. The van der Waals surface area contributed by atoms with Crippen LogP contribution in [-0.4, -0.2) is 24.1 Å². The topological polar surface area (TPSA) is 48.5 Å². The Morgan fingerprint density at radius 3 is 1.30 bits per heavy atom. The quantitative estimate of drug-likeness (QED) is 0.0759. The van der Waals surface area contributed by atoms with Crippen LogP contribution in [0.1, 0.15) is 126 Å². The van der Waals surface area contributed by atoms with Crippen molar-refractivity contribution in [2.45, 2.75) is 105 Å². The summed E-state index contributed by atoms with van der Waals surface area (Å²) in [6, 6.07) is 62.4. The smallest absolute Gasteiger partial charge is 0.339 e. The van der Waals surface area contributed by atoms with E-state index in [9.17, 15) is 0 Å². The van der Waals surface area contributed by atoms with Crippen molar-refractivity contribution in [1.29, 1.82) is 0 Å². The predicted molar refractivity (Wildman–Crippen MR) is 283 cm³/mol. The fourth-order valence-electron chi connectivity index (χ4n) is 9.02. The summed E-state index contributed by atoms with van der Waals surface area (Å²) in [6.07, 6.45) is 10.2. The minimum absolute atomic E-state index is 0. The Kier molecular flexibility index (Phi) is 17.3. The first kappa shape index (κ1) is 50.4. The minimum Gasteiger partial charge on any atom is -0.339 e. The molecule has 0 bridgehead atoms. The number of hydrogen-bond donors (Lipinski definition) is 0. The van der Waals surface area contributed by atoms with E-state index >= 15 is 0 Å². The summed E-state index contributed by atoms with van der Waals surface area (Å²) in [5.41, 5.74) is 16.6. The summed E-state index contributed by atoms with van der Waals surface area (Å²) < 4.78 is 4.68. The van der Waals surface area contributed by atoms with E-state index in [0.29, 0.717) is 23.7 Å². The summed E-state index contributed by atoms with van der Waals surface area (Å²) in [4.78, 5) is 14.9. The van der Waals surface area contributed by atoms with Crippen molar-refractivity contribution in [1.82, 2.24) is 24.1 Å². The van der Waals surface area contributed by atoms with E-state index in [4.69, 9.17) is 9.97 Å². The number of hydrogen-bond acceptors (Lipinski definition) is 3. The summed E-state index contributed by atoms with van der Waals surface area (Å²) in [5, 5.41) is 0. The van der Waals surface area contributed by atoms with Crippen molar-refractivity contribution in [2.75, 3.05) is 0 Å². The van der Waals surface area contributed by atoms with Crippen LogP contribution in [0.25, 0.3) is 56.5 Å². The van der Waals surface area contributed by atoms with Crippen molar-refractivity contribution in [2.24, 2.45) is 0 Å². The van der Waals surface area contributed by atoms with Gasteiger partial charge in [-0.1, -0.05) is 134 Å². The summed E-state index contributed by atoms with van der Waals surface area (Å²) in [7, 11) is 0. The normalized spacial score (nSPS) is 11.2. The number of benzene rings is 6. The van der Waals surface area contributed by atoms with Crippen LogP contribution in [-0.2, 0) is 32.9 Å². The van der Waals surface area contributed by atoms with Crippen molar-refractivity contribution in [3.05, 3.63) is 222 Å². The van der Waals surface area contributed by atoms with Crippen LogP contribution < -0.4 is 0 Å². The molecule has 3 heterocycles. The van der Waals surface area contributed by atoms with Crippen LogP contribution >= 0.6 is 0 Å². The molecule has 0 unspecified atom stereocenters. The van der Waals surface area contributed by atoms with Gasteiger partial charge in [-0.15, -0.1) is 107 Å². The molecule has 0 atom stereocenters. The van der Waals surface area contributed by atoms with Crippen LogP contribution in [0.5, 0.6) is 0 Å². The number of pyridine rings is 1. The molecule has 0 radical (unpaired) electrons. The molecule has 9 rings (SSSR count). The zero-order chi connectivity index (χ0) is 47.6. The molecule has 6 heteroatoms. The number of aromatic nitrogens is 5. The molecule has 0 aliphatic carbocycles. The van der Waals surface area contributed by atoms with Crippen LogP contribution in [0.4, 0.5) is 0 Å². The molecule has 350 valence electrons. The first-order chi connectivity index (χ1) is 33.1. The monoisotopic (exact) mass is 1080 g/mol. The number of para-hydroxylation sites is 2. The average Bonchev–Trinajstić information content (AvgIpc) is 4.01. The molecule has 0 spiro atoms. The van der Waals surface area contributed by atoms with E-state index < -0.39 is 0 Å². The van der Waals surface area contributed by atoms with Gasteiger partial charge in [0.15, 0.2) is 0 Å².